The van der Waals surface area contributed by atoms with E-state index in [9.17, 15) is 0 Å². The first-order valence-corrected chi connectivity index (χ1v) is 3.83. The number of nitrogens with one attached hydrogen (secondary N) is 2. The minimum absolute atomic E-state index is 0.567. The Balaban J connectivity index is 2.11. The molecule has 0 aromatic carbocycles. The molecule has 1 aromatic rings. The molecule has 0 saturated carbocycles. The van der Waals surface area contributed by atoms with E-state index in [1.807, 2.05) is 24.1 Å². The van der Waals surface area contributed by atoms with Crippen LogP contribution in [0.25, 0.3) is 0 Å². The van der Waals surface area contributed by atoms with E-state index in [0.717, 1.165) is 18.8 Å². The maximum atomic E-state index is 4.22. The molecule has 2 rings (SSSR count). The van der Waals surface area contributed by atoms with Gasteiger partial charge in [0.2, 0.25) is 0 Å². The van der Waals surface area contributed by atoms with Gasteiger partial charge in [0.1, 0.15) is 0 Å². The molecule has 0 spiro atoms. The van der Waals surface area contributed by atoms with Crippen LogP contribution in [-0.4, -0.2) is 29.9 Å². The van der Waals surface area contributed by atoms with Crippen molar-refractivity contribution < 1.29 is 0 Å². The average molecular weight is 152 g/mol. The molecular weight excluding hydrogens is 140 g/mol. The number of hydrogen-bond donors (Lipinski definition) is 2. The van der Waals surface area contributed by atoms with Crippen LogP contribution < -0.4 is 10.6 Å². The van der Waals surface area contributed by atoms with Gasteiger partial charge in [-0.05, 0) is 0 Å². The predicted molar refractivity (Wildman–Crippen MR) is 43.7 cm³/mol. The van der Waals surface area contributed by atoms with Crippen molar-refractivity contribution in [2.24, 2.45) is 0 Å². The highest BCUT2D eigenvalue weighted by atomic mass is 15.3. The third-order valence-electron chi connectivity index (χ3n) is 2.02. The van der Waals surface area contributed by atoms with E-state index in [2.05, 4.69) is 15.7 Å². The average Bonchev–Trinajstić information content (AvgIpc) is 2.32. The van der Waals surface area contributed by atoms with E-state index >= 15 is 0 Å². The molecule has 4 heteroatoms. The van der Waals surface area contributed by atoms with Crippen LogP contribution in [0.5, 0.6) is 0 Å². The topological polar surface area (TPSA) is 41.9 Å². The molecule has 11 heavy (non-hydrogen) atoms. The van der Waals surface area contributed by atoms with Crippen molar-refractivity contribution in [3.63, 3.8) is 0 Å². The Morgan fingerprint density at radius 2 is 2.55 bits per heavy atom. The lowest BCUT2D eigenvalue weighted by molar-refractivity contribution is 0.318. The van der Waals surface area contributed by atoms with Crippen LogP contribution in [0.1, 0.15) is 6.04 Å². The molecule has 1 saturated heterocycles. The largest absolute Gasteiger partial charge is 0.386 e. The maximum Gasteiger partial charge on any atom is 0.0768 e. The third kappa shape index (κ3) is 1.09. The number of hydrogen-bond acceptors (Lipinski definition) is 3. The molecule has 1 aliphatic rings. The Hall–Kier alpha value is -1.03. The molecule has 0 bridgehead atoms. The van der Waals surface area contributed by atoms with Gasteiger partial charge in [0.05, 0.1) is 17.9 Å². The van der Waals surface area contributed by atoms with E-state index in [1.54, 1.807) is 0 Å². The van der Waals surface area contributed by atoms with Crippen molar-refractivity contribution >= 4 is 5.69 Å². The molecule has 4 nitrogen and oxygen atoms in total. The molecule has 1 aromatic heterocycles. The summed E-state index contributed by atoms with van der Waals surface area (Å²) in [6.45, 7) is 2.09. The first-order valence-electron chi connectivity index (χ1n) is 3.83. The predicted octanol–water partition coefficient (Wildman–Crippen LogP) is 0.0691. The van der Waals surface area contributed by atoms with E-state index in [1.165, 1.54) is 0 Å². The standard InChI is InChI=1S/C7H12N4/c1-8-6-2-10-11(5-6)7-3-9-4-7/h2,5,7-9H,3-4H2,1H3. The van der Waals surface area contributed by atoms with Gasteiger partial charge < -0.3 is 10.6 Å². The van der Waals surface area contributed by atoms with Crippen molar-refractivity contribution in [1.29, 1.82) is 0 Å². The van der Waals surface area contributed by atoms with Gasteiger partial charge in [-0.15, -0.1) is 0 Å². The summed E-state index contributed by atoms with van der Waals surface area (Å²) in [5.41, 5.74) is 1.08. The lowest BCUT2D eigenvalue weighted by Crippen LogP contribution is -2.43. The zero-order chi connectivity index (χ0) is 7.68. The van der Waals surface area contributed by atoms with Crippen LogP contribution in [0.3, 0.4) is 0 Å². The number of aromatic nitrogens is 2. The summed E-state index contributed by atoms with van der Waals surface area (Å²) in [7, 11) is 1.90. The molecule has 0 atom stereocenters. The Kier molecular flexibility index (Phi) is 1.54. The number of anilines is 1. The van der Waals surface area contributed by atoms with E-state index < -0.39 is 0 Å². The monoisotopic (exact) mass is 152 g/mol. The number of rotatable bonds is 2. The van der Waals surface area contributed by atoms with Gasteiger partial charge >= 0.3 is 0 Å². The molecule has 60 valence electrons. The minimum Gasteiger partial charge on any atom is -0.386 e. The Morgan fingerprint density at radius 1 is 1.73 bits per heavy atom. The fourth-order valence-electron chi connectivity index (χ4n) is 1.13. The molecule has 0 amide bonds. The van der Waals surface area contributed by atoms with Crippen molar-refractivity contribution in [3.8, 4) is 0 Å². The van der Waals surface area contributed by atoms with Crippen molar-refractivity contribution in [1.82, 2.24) is 15.1 Å². The summed E-state index contributed by atoms with van der Waals surface area (Å²) in [5, 5.41) is 10.5. The van der Waals surface area contributed by atoms with Gasteiger partial charge in [-0.3, -0.25) is 4.68 Å². The second-order valence-electron chi connectivity index (χ2n) is 2.77. The van der Waals surface area contributed by atoms with Gasteiger partial charge in [0.25, 0.3) is 0 Å². The van der Waals surface area contributed by atoms with Gasteiger partial charge in [-0.2, -0.15) is 5.10 Å². The lowest BCUT2D eigenvalue weighted by atomic mass is 10.2. The second kappa shape index (κ2) is 2.54. The van der Waals surface area contributed by atoms with E-state index in [0.29, 0.717) is 6.04 Å². The third-order valence-corrected chi connectivity index (χ3v) is 2.02. The summed E-state index contributed by atoms with van der Waals surface area (Å²) >= 11 is 0. The molecule has 2 heterocycles. The van der Waals surface area contributed by atoms with Gasteiger partial charge in [-0.25, -0.2) is 0 Å². The molecule has 0 aliphatic carbocycles. The van der Waals surface area contributed by atoms with Crippen LogP contribution in [0.15, 0.2) is 12.4 Å². The molecule has 0 unspecified atom stereocenters. The highest BCUT2D eigenvalue weighted by Crippen LogP contribution is 2.13. The Morgan fingerprint density at radius 3 is 3.00 bits per heavy atom. The summed E-state index contributed by atoms with van der Waals surface area (Å²) < 4.78 is 2.00. The zero-order valence-electron chi connectivity index (χ0n) is 6.54. The first-order chi connectivity index (χ1) is 5.40. The van der Waals surface area contributed by atoms with Crippen LogP contribution in [0.2, 0.25) is 0 Å². The van der Waals surface area contributed by atoms with Gasteiger partial charge in [-0.1, -0.05) is 0 Å². The highest BCUT2D eigenvalue weighted by Gasteiger charge is 2.18. The van der Waals surface area contributed by atoms with Gasteiger partial charge in [0, 0.05) is 26.3 Å². The van der Waals surface area contributed by atoms with Crippen LogP contribution >= 0.6 is 0 Å². The molecule has 1 fully saturated rings. The van der Waals surface area contributed by atoms with E-state index in [-0.39, 0.29) is 0 Å². The Labute approximate surface area is 65.6 Å². The Bertz CT molecular complexity index is 238. The highest BCUT2D eigenvalue weighted by molar-refractivity contribution is 5.37. The van der Waals surface area contributed by atoms with Crippen molar-refractivity contribution in [2.45, 2.75) is 6.04 Å². The first kappa shape index (κ1) is 6.67. The summed E-state index contributed by atoms with van der Waals surface area (Å²) in [5.74, 6) is 0. The van der Waals surface area contributed by atoms with Gasteiger partial charge in [0.15, 0.2) is 0 Å². The quantitative estimate of drug-likeness (QED) is 0.630. The maximum absolute atomic E-state index is 4.22. The van der Waals surface area contributed by atoms with Crippen molar-refractivity contribution in [3.05, 3.63) is 12.4 Å². The SMILES string of the molecule is CNc1cnn(C2CNC2)c1. The molecule has 2 N–H and O–H groups in total. The van der Waals surface area contributed by atoms with Crippen molar-refractivity contribution in [2.75, 3.05) is 25.5 Å². The van der Waals surface area contributed by atoms with E-state index in [4.69, 9.17) is 0 Å². The van der Waals surface area contributed by atoms with Crippen LogP contribution in [0.4, 0.5) is 5.69 Å². The molecular formula is C7H12N4. The zero-order valence-corrected chi connectivity index (χ0v) is 6.54. The summed E-state index contributed by atoms with van der Waals surface area (Å²) in [4.78, 5) is 0. The minimum atomic E-state index is 0.567. The fourth-order valence-corrected chi connectivity index (χ4v) is 1.13. The van der Waals surface area contributed by atoms with Crippen LogP contribution in [-0.2, 0) is 0 Å². The fraction of sp³-hybridized carbons (Fsp3) is 0.571. The summed E-state index contributed by atoms with van der Waals surface area (Å²) in [6.07, 6.45) is 3.88. The smallest absolute Gasteiger partial charge is 0.0768 e. The van der Waals surface area contributed by atoms with Crippen LogP contribution in [0, 0.1) is 0 Å². The summed E-state index contributed by atoms with van der Waals surface area (Å²) in [6, 6.07) is 0.567. The lowest BCUT2D eigenvalue weighted by Gasteiger charge is -2.27. The normalized spacial score (nSPS) is 17.9. The molecule has 1 aliphatic heterocycles. The second-order valence-corrected chi connectivity index (χ2v) is 2.77. The number of nitrogens with zero attached hydrogens (tertiary/aromatic N) is 2. The molecule has 0 radical (unpaired) electrons.